The van der Waals surface area contributed by atoms with Crippen LogP contribution in [0, 0.1) is 5.41 Å². The van der Waals surface area contributed by atoms with E-state index in [1.807, 2.05) is 0 Å². The van der Waals surface area contributed by atoms with E-state index in [0.717, 1.165) is 0 Å². The number of benzene rings is 1. The summed E-state index contributed by atoms with van der Waals surface area (Å²) in [5, 5.41) is 11.8. The second-order valence-corrected chi connectivity index (χ2v) is 8.14. The Morgan fingerprint density at radius 3 is 2.61 bits per heavy atom. The predicted octanol–water partition coefficient (Wildman–Crippen LogP) is 1.60. The number of fused-ring (bicyclic) bond motifs is 3. The Bertz CT molecular complexity index is 850. The van der Waals surface area contributed by atoms with Gasteiger partial charge in [0.25, 0.3) is 5.91 Å². The highest BCUT2D eigenvalue weighted by Crippen LogP contribution is 2.43. The minimum atomic E-state index is -0.951. The van der Waals surface area contributed by atoms with Crippen molar-refractivity contribution >= 4 is 29.4 Å². The quantitative estimate of drug-likeness (QED) is 0.771. The number of nitrogens with zero attached hydrogens (tertiary/aromatic N) is 2. The third-order valence-electron chi connectivity index (χ3n) is 5.70. The van der Waals surface area contributed by atoms with E-state index in [1.54, 1.807) is 49.9 Å². The first-order valence-corrected chi connectivity index (χ1v) is 9.32. The number of aliphatic carboxylic acids is 1. The number of amides is 3. The Balaban J connectivity index is 1.76. The SMILES string of the molecule is CC(C)(CCNC(=O)CN1C(=O)c2ccccc2N2C(=O)CCC12C)C(=O)O. The molecule has 2 aliphatic rings. The molecule has 1 saturated heterocycles. The lowest BCUT2D eigenvalue weighted by Crippen LogP contribution is -2.63. The monoisotopic (exact) mass is 387 g/mol. The van der Waals surface area contributed by atoms with Crippen molar-refractivity contribution in [1.82, 2.24) is 10.2 Å². The molecule has 1 aromatic carbocycles. The van der Waals surface area contributed by atoms with Crippen LogP contribution in [0.3, 0.4) is 0 Å². The maximum absolute atomic E-state index is 13.1. The molecule has 28 heavy (non-hydrogen) atoms. The smallest absolute Gasteiger partial charge is 0.309 e. The third-order valence-corrected chi connectivity index (χ3v) is 5.70. The molecule has 150 valence electrons. The molecule has 0 aromatic heterocycles. The van der Waals surface area contributed by atoms with Gasteiger partial charge < -0.3 is 15.3 Å². The van der Waals surface area contributed by atoms with E-state index in [2.05, 4.69) is 5.32 Å². The number of rotatable bonds is 6. The van der Waals surface area contributed by atoms with Crippen LogP contribution in [0.15, 0.2) is 24.3 Å². The fraction of sp³-hybridized carbons (Fsp3) is 0.500. The average Bonchev–Trinajstić information content (AvgIpc) is 2.94. The van der Waals surface area contributed by atoms with Crippen LogP contribution in [0.4, 0.5) is 5.69 Å². The summed E-state index contributed by atoms with van der Waals surface area (Å²) >= 11 is 0. The van der Waals surface area contributed by atoms with E-state index in [-0.39, 0.29) is 37.2 Å². The first-order chi connectivity index (χ1) is 13.1. The van der Waals surface area contributed by atoms with Crippen LogP contribution in [0.25, 0.3) is 0 Å². The normalized spacial score (nSPS) is 21.4. The van der Waals surface area contributed by atoms with E-state index < -0.39 is 17.0 Å². The maximum atomic E-state index is 13.1. The van der Waals surface area contributed by atoms with Crippen LogP contribution < -0.4 is 10.2 Å². The first-order valence-electron chi connectivity index (χ1n) is 9.32. The molecule has 3 rings (SSSR count). The van der Waals surface area contributed by atoms with Crippen molar-refractivity contribution in [3.63, 3.8) is 0 Å². The van der Waals surface area contributed by atoms with Gasteiger partial charge in [0.1, 0.15) is 12.2 Å². The summed E-state index contributed by atoms with van der Waals surface area (Å²) in [5.41, 5.74) is -0.860. The molecule has 1 atom stereocenters. The maximum Gasteiger partial charge on any atom is 0.309 e. The van der Waals surface area contributed by atoms with Crippen molar-refractivity contribution in [1.29, 1.82) is 0 Å². The fourth-order valence-corrected chi connectivity index (χ4v) is 3.76. The Kier molecular flexibility index (Phi) is 4.91. The lowest BCUT2D eigenvalue weighted by Gasteiger charge is -2.48. The summed E-state index contributed by atoms with van der Waals surface area (Å²) in [6.07, 6.45) is 1.03. The van der Waals surface area contributed by atoms with E-state index in [1.165, 1.54) is 4.90 Å². The van der Waals surface area contributed by atoms with Crippen molar-refractivity contribution < 1.29 is 24.3 Å². The molecule has 2 aliphatic heterocycles. The number of nitrogens with one attached hydrogen (secondary N) is 1. The zero-order valence-corrected chi connectivity index (χ0v) is 16.3. The second kappa shape index (κ2) is 6.92. The van der Waals surface area contributed by atoms with Gasteiger partial charge in [-0.2, -0.15) is 0 Å². The third kappa shape index (κ3) is 3.23. The lowest BCUT2D eigenvalue weighted by atomic mass is 9.90. The molecule has 0 spiro atoms. The summed E-state index contributed by atoms with van der Waals surface area (Å²) in [6.45, 7) is 4.98. The van der Waals surface area contributed by atoms with Crippen LogP contribution in [-0.4, -0.2) is 52.4 Å². The van der Waals surface area contributed by atoms with Gasteiger partial charge >= 0.3 is 5.97 Å². The fourth-order valence-electron chi connectivity index (χ4n) is 3.76. The standard InChI is InChI=1S/C20H25N3O5/c1-19(2,18(27)28)10-11-21-15(24)12-22-17(26)13-6-4-5-7-14(13)23-16(25)8-9-20(22,23)3/h4-7H,8-12H2,1-3H3,(H,21,24)(H,27,28). The van der Waals surface area contributed by atoms with Crippen LogP contribution in [0.2, 0.25) is 0 Å². The second-order valence-electron chi connectivity index (χ2n) is 8.14. The number of carboxylic acids is 1. The average molecular weight is 387 g/mol. The lowest BCUT2D eigenvalue weighted by molar-refractivity contribution is -0.147. The molecular formula is C20H25N3O5. The number of carbonyl (C=O) groups is 4. The summed E-state index contributed by atoms with van der Waals surface area (Å²) in [6, 6.07) is 6.92. The van der Waals surface area contributed by atoms with E-state index in [4.69, 9.17) is 5.11 Å². The Morgan fingerprint density at radius 1 is 1.25 bits per heavy atom. The van der Waals surface area contributed by atoms with Gasteiger partial charge in [0.05, 0.1) is 16.7 Å². The minimum absolute atomic E-state index is 0.0731. The molecule has 2 N–H and O–H groups in total. The van der Waals surface area contributed by atoms with Gasteiger partial charge in [-0.05, 0) is 45.7 Å². The summed E-state index contributed by atoms with van der Waals surface area (Å²) in [5.74, 6) is -1.67. The minimum Gasteiger partial charge on any atom is -0.481 e. The van der Waals surface area contributed by atoms with Crippen molar-refractivity contribution in [2.24, 2.45) is 5.41 Å². The number of carboxylic acid groups (broad SMARTS) is 1. The van der Waals surface area contributed by atoms with Crippen LogP contribution >= 0.6 is 0 Å². The molecule has 1 fully saturated rings. The molecule has 8 nitrogen and oxygen atoms in total. The van der Waals surface area contributed by atoms with Gasteiger partial charge in [-0.25, -0.2) is 0 Å². The molecule has 0 aliphatic carbocycles. The zero-order valence-electron chi connectivity index (χ0n) is 16.3. The van der Waals surface area contributed by atoms with Crippen molar-refractivity contribution in [3.05, 3.63) is 29.8 Å². The number of hydrogen-bond donors (Lipinski definition) is 2. The molecule has 1 aromatic rings. The highest BCUT2D eigenvalue weighted by Gasteiger charge is 2.53. The van der Waals surface area contributed by atoms with Crippen molar-refractivity contribution in [2.45, 2.75) is 45.7 Å². The van der Waals surface area contributed by atoms with Crippen LogP contribution in [0.5, 0.6) is 0 Å². The van der Waals surface area contributed by atoms with Crippen LogP contribution in [-0.2, 0) is 14.4 Å². The molecule has 3 amide bonds. The van der Waals surface area contributed by atoms with Gasteiger partial charge in [-0.3, -0.25) is 24.1 Å². The van der Waals surface area contributed by atoms with Gasteiger partial charge in [-0.1, -0.05) is 12.1 Å². The Hall–Kier alpha value is -2.90. The van der Waals surface area contributed by atoms with Gasteiger partial charge in [0.15, 0.2) is 0 Å². The number of hydrogen-bond acceptors (Lipinski definition) is 4. The molecule has 0 radical (unpaired) electrons. The van der Waals surface area contributed by atoms with Crippen molar-refractivity contribution in [3.8, 4) is 0 Å². The summed E-state index contributed by atoms with van der Waals surface area (Å²) in [4.78, 5) is 52.3. The van der Waals surface area contributed by atoms with E-state index >= 15 is 0 Å². The summed E-state index contributed by atoms with van der Waals surface area (Å²) in [7, 11) is 0. The van der Waals surface area contributed by atoms with Gasteiger partial charge in [-0.15, -0.1) is 0 Å². The van der Waals surface area contributed by atoms with Crippen molar-refractivity contribution in [2.75, 3.05) is 18.0 Å². The van der Waals surface area contributed by atoms with E-state index in [0.29, 0.717) is 24.1 Å². The highest BCUT2D eigenvalue weighted by atomic mass is 16.4. The predicted molar refractivity (Wildman–Crippen MR) is 102 cm³/mol. The Morgan fingerprint density at radius 2 is 1.93 bits per heavy atom. The number of para-hydroxylation sites is 1. The van der Waals surface area contributed by atoms with Crippen LogP contribution in [0.1, 0.15) is 50.4 Å². The van der Waals surface area contributed by atoms with Gasteiger partial charge in [0, 0.05) is 13.0 Å². The number of anilines is 1. The van der Waals surface area contributed by atoms with E-state index in [9.17, 15) is 19.2 Å². The molecule has 1 unspecified atom stereocenters. The molecular weight excluding hydrogens is 362 g/mol. The largest absolute Gasteiger partial charge is 0.481 e. The molecule has 8 heteroatoms. The van der Waals surface area contributed by atoms with Gasteiger partial charge in [0.2, 0.25) is 11.8 Å². The topological polar surface area (TPSA) is 107 Å². The number of carbonyl (C=O) groups excluding carboxylic acids is 3. The molecule has 2 heterocycles. The Labute approximate surface area is 163 Å². The highest BCUT2D eigenvalue weighted by molar-refractivity contribution is 6.11. The molecule has 0 bridgehead atoms. The zero-order chi connectivity index (χ0) is 20.7. The molecule has 0 saturated carbocycles. The first kappa shape index (κ1) is 19.9. The summed E-state index contributed by atoms with van der Waals surface area (Å²) < 4.78 is 0.